The Morgan fingerprint density at radius 1 is 1.62 bits per heavy atom. The van der Waals surface area contributed by atoms with Crippen LogP contribution in [0.25, 0.3) is 0 Å². The molecule has 2 heterocycles. The molecule has 0 saturated heterocycles. The van der Waals surface area contributed by atoms with E-state index in [0.29, 0.717) is 5.00 Å². The highest BCUT2D eigenvalue weighted by Gasteiger charge is 2.30. The zero-order chi connectivity index (χ0) is 9.47. The van der Waals surface area contributed by atoms with E-state index in [1.54, 1.807) is 5.38 Å². The quantitative estimate of drug-likeness (QED) is 0.690. The first kappa shape index (κ1) is 8.22. The molecule has 1 aromatic heterocycles. The average Bonchev–Trinajstić information content (AvgIpc) is 2.53. The third-order valence-electron chi connectivity index (χ3n) is 1.53. The number of hydrogen-bond donors (Lipinski definition) is 1. The van der Waals surface area contributed by atoms with Gasteiger partial charge in [-0.15, -0.1) is 11.3 Å². The van der Waals surface area contributed by atoms with E-state index in [0.717, 1.165) is 0 Å². The smallest absolute Gasteiger partial charge is 0.256 e. The predicted molar refractivity (Wildman–Crippen MR) is 48.2 cm³/mol. The Kier molecular flexibility index (Phi) is 1.61. The van der Waals surface area contributed by atoms with Crippen LogP contribution in [0.5, 0.6) is 0 Å². The fraction of sp³-hybridized carbons (Fsp3) is 0. The predicted octanol–water partition coefficient (Wildman–Crippen LogP) is 0.784. The molecule has 2 rings (SSSR count). The van der Waals surface area contributed by atoms with Crippen molar-refractivity contribution in [2.24, 2.45) is 5.10 Å². The number of nitriles is 1. The molecular weight excluding hydrogens is 210 g/mol. The van der Waals surface area contributed by atoms with Gasteiger partial charge in [0.05, 0.1) is 0 Å². The first-order valence-corrected chi connectivity index (χ1v) is 5.59. The van der Waals surface area contributed by atoms with Crippen molar-refractivity contribution in [2.45, 2.75) is 4.90 Å². The summed E-state index contributed by atoms with van der Waals surface area (Å²) in [6.45, 7) is 0. The van der Waals surface area contributed by atoms with Gasteiger partial charge in [-0.3, -0.25) is 5.43 Å². The van der Waals surface area contributed by atoms with Crippen molar-refractivity contribution in [1.82, 2.24) is 0 Å². The average molecular weight is 213 g/mol. The van der Waals surface area contributed by atoms with E-state index in [-0.39, 0.29) is 4.90 Å². The normalized spacial score (nSPS) is 17.9. The third kappa shape index (κ3) is 1.03. The van der Waals surface area contributed by atoms with Gasteiger partial charge < -0.3 is 0 Å². The molecule has 7 heteroatoms. The molecule has 0 amide bonds. The summed E-state index contributed by atoms with van der Waals surface area (Å²) in [4.78, 5) is 0.129. The van der Waals surface area contributed by atoms with Crippen LogP contribution in [0.1, 0.15) is 0 Å². The van der Waals surface area contributed by atoms with Crippen molar-refractivity contribution in [3.8, 4) is 6.07 Å². The number of nitrogens with zero attached hydrogens (tertiary/aromatic N) is 2. The lowest BCUT2D eigenvalue weighted by Crippen LogP contribution is -2.19. The minimum Gasteiger partial charge on any atom is -0.265 e. The molecule has 0 unspecified atom stereocenters. The van der Waals surface area contributed by atoms with Crippen LogP contribution in [0.3, 0.4) is 0 Å². The molecule has 0 fully saturated rings. The second-order valence-electron chi connectivity index (χ2n) is 2.26. The van der Waals surface area contributed by atoms with E-state index in [9.17, 15) is 8.42 Å². The second kappa shape index (κ2) is 2.55. The van der Waals surface area contributed by atoms with Gasteiger partial charge in [0.15, 0.2) is 0 Å². The first-order valence-electron chi connectivity index (χ1n) is 3.22. The molecule has 1 aliphatic rings. The summed E-state index contributed by atoms with van der Waals surface area (Å²) in [5, 5.41) is 13.5. The maximum Gasteiger partial charge on any atom is 0.256 e. The number of fused-ring (bicyclic) bond motifs is 1. The Bertz CT molecular complexity index is 520. The molecule has 1 aromatic rings. The zero-order valence-corrected chi connectivity index (χ0v) is 7.82. The van der Waals surface area contributed by atoms with Gasteiger partial charge in [-0.1, -0.05) is 0 Å². The van der Waals surface area contributed by atoms with Crippen LogP contribution in [-0.2, 0) is 9.84 Å². The zero-order valence-electron chi connectivity index (χ0n) is 6.18. The molecule has 0 spiro atoms. The van der Waals surface area contributed by atoms with E-state index in [1.165, 1.54) is 23.5 Å². The van der Waals surface area contributed by atoms with Gasteiger partial charge in [-0.2, -0.15) is 10.4 Å². The van der Waals surface area contributed by atoms with Gasteiger partial charge in [0.25, 0.3) is 5.04 Å². The molecule has 0 aromatic carbocycles. The molecule has 0 saturated carbocycles. The van der Waals surface area contributed by atoms with Crippen LogP contribution in [0, 0.1) is 11.3 Å². The van der Waals surface area contributed by atoms with Gasteiger partial charge >= 0.3 is 0 Å². The van der Waals surface area contributed by atoms with E-state index < -0.39 is 14.9 Å². The summed E-state index contributed by atoms with van der Waals surface area (Å²) < 4.78 is 23.0. The van der Waals surface area contributed by atoms with Crippen LogP contribution in [0.4, 0.5) is 5.00 Å². The standard InChI is InChI=1S/C6H3N3O2S2/c7-3-5-8-9-6-4(1-2-12-6)13(5,10)11/h1-2,9H. The molecular formula is C6H3N3O2S2. The molecule has 0 aliphatic carbocycles. The number of thiophene rings is 1. The lowest BCUT2D eigenvalue weighted by atomic mass is 10.6. The number of sulfone groups is 1. The van der Waals surface area contributed by atoms with E-state index >= 15 is 0 Å². The lowest BCUT2D eigenvalue weighted by molar-refractivity contribution is 0.607. The Morgan fingerprint density at radius 2 is 2.38 bits per heavy atom. The molecule has 0 radical (unpaired) electrons. The highest BCUT2D eigenvalue weighted by molar-refractivity contribution is 8.07. The van der Waals surface area contributed by atoms with Gasteiger partial charge in [0.2, 0.25) is 9.84 Å². The SMILES string of the molecule is N#CC1=NNc2sccc2S1(=O)=O. The maximum atomic E-state index is 11.5. The molecule has 13 heavy (non-hydrogen) atoms. The van der Waals surface area contributed by atoms with Crippen LogP contribution in [0.2, 0.25) is 0 Å². The van der Waals surface area contributed by atoms with Gasteiger partial charge in [-0.05, 0) is 11.4 Å². The minimum absolute atomic E-state index is 0.129. The third-order valence-corrected chi connectivity index (χ3v) is 4.09. The summed E-state index contributed by atoms with van der Waals surface area (Å²) in [5.41, 5.74) is 2.50. The number of nitrogens with one attached hydrogen (secondary N) is 1. The molecule has 0 atom stereocenters. The van der Waals surface area contributed by atoms with E-state index in [4.69, 9.17) is 5.26 Å². The van der Waals surface area contributed by atoms with E-state index in [2.05, 4.69) is 10.5 Å². The van der Waals surface area contributed by atoms with Crippen LogP contribution in [0.15, 0.2) is 21.4 Å². The van der Waals surface area contributed by atoms with Crippen LogP contribution in [-0.4, -0.2) is 13.5 Å². The summed E-state index contributed by atoms with van der Waals surface area (Å²) in [5.74, 6) is 0. The summed E-state index contributed by atoms with van der Waals surface area (Å²) in [7, 11) is -3.65. The highest BCUT2D eigenvalue weighted by atomic mass is 32.2. The second-order valence-corrected chi connectivity index (χ2v) is 5.01. The van der Waals surface area contributed by atoms with Crippen LogP contribution >= 0.6 is 11.3 Å². The fourth-order valence-electron chi connectivity index (χ4n) is 0.942. The first-order chi connectivity index (χ1) is 6.16. The topological polar surface area (TPSA) is 82.3 Å². The summed E-state index contributed by atoms with van der Waals surface area (Å²) >= 11 is 1.23. The summed E-state index contributed by atoms with van der Waals surface area (Å²) in [6, 6.07) is 2.98. The Morgan fingerprint density at radius 3 is 3.08 bits per heavy atom. The highest BCUT2D eigenvalue weighted by Crippen LogP contribution is 2.31. The molecule has 66 valence electrons. The Labute approximate surface area is 78.2 Å². The van der Waals surface area contributed by atoms with Crippen molar-refractivity contribution in [3.63, 3.8) is 0 Å². The van der Waals surface area contributed by atoms with Gasteiger partial charge in [0.1, 0.15) is 16.0 Å². The Hall–Kier alpha value is -1.39. The molecule has 5 nitrogen and oxygen atoms in total. The van der Waals surface area contributed by atoms with Crippen LogP contribution < -0.4 is 5.43 Å². The van der Waals surface area contributed by atoms with E-state index in [1.807, 2.05) is 0 Å². The monoisotopic (exact) mass is 213 g/mol. The van der Waals surface area contributed by atoms with Crippen molar-refractivity contribution >= 4 is 31.2 Å². The maximum absolute atomic E-state index is 11.5. The van der Waals surface area contributed by atoms with Gasteiger partial charge in [-0.25, -0.2) is 8.42 Å². The Balaban J connectivity index is 2.72. The van der Waals surface area contributed by atoms with Crippen molar-refractivity contribution < 1.29 is 8.42 Å². The van der Waals surface area contributed by atoms with Gasteiger partial charge in [0, 0.05) is 0 Å². The number of hydrazone groups is 1. The van der Waals surface area contributed by atoms with Crippen molar-refractivity contribution in [2.75, 3.05) is 5.43 Å². The van der Waals surface area contributed by atoms with Crippen molar-refractivity contribution in [3.05, 3.63) is 11.4 Å². The lowest BCUT2D eigenvalue weighted by Gasteiger charge is -2.08. The number of hydrogen-bond acceptors (Lipinski definition) is 6. The molecule has 1 N–H and O–H groups in total. The largest absolute Gasteiger partial charge is 0.265 e. The molecule has 0 bridgehead atoms. The molecule has 1 aliphatic heterocycles. The fourth-order valence-corrected chi connectivity index (χ4v) is 3.16. The summed E-state index contributed by atoms with van der Waals surface area (Å²) in [6.07, 6.45) is 0. The minimum atomic E-state index is -3.65. The number of rotatable bonds is 0. The number of anilines is 1. The van der Waals surface area contributed by atoms with Crippen molar-refractivity contribution in [1.29, 1.82) is 5.26 Å².